The molecule has 2 aromatic rings. The van der Waals surface area contributed by atoms with E-state index in [9.17, 15) is 4.79 Å². The van der Waals surface area contributed by atoms with Crippen LogP contribution in [0, 0.1) is 0 Å². The Kier molecular flexibility index (Phi) is 2.37. The van der Waals surface area contributed by atoms with E-state index in [1.54, 1.807) is 18.2 Å². The van der Waals surface area contributed by atoms with Gasteiger partial charge < -0.3 is 4.74 Å². The van der Waals surface area contributed by atoms with Crippen molar-refractivity contribution in [2.45, 2.75) is 6.10 Å². The zero-order valence-corrected chi connectivity index (χ0v) is 9.65. The first-order valence-corrected chi connectivity index (χ1v) is 5.69. The van der Waals surface area contributed by atoms with E-state index >= 15 is 0 Å². The summed E-state index contributed by atoms with van der Waals surface area (Å²) in [6, 6.07) is 14.9. The number of halogens is 1. The molecule has 0 aromatic heterocycles. The lowest BCUT2D eigenvalue weighted by molar-refractivity contribution is 0.0456. The van der Waals surface area contributed by atoms with Gasteiger partial charge in [-0.25, -0.2) is 4.79 Å². The van der Waals surface area contributed by atoms with Gasteiger partial charge in [-0.1, -0.05) is 41.9 Å². The summed E-state index contributed by atoms with van der Waals surface area (Å²) in [7, 11) is 0. The summed E-state index contributed by atoms with van der Waals surface area (Å²) in [4.78, 5) is 11.7. The second kappa shape index (κ2) is 3.90. The summed E-state index contributed by atoms with van der Waals surface area (Å²) >= 11 is 5.96. The Morgan fingerprint density at radius 3 is 2.59 bits per heavy atom. The van der Waals surface area contributed by atoms with Crippen LogP contribution in [0.25, 0.3) is 0 Å². The van der Waals surface area contributed by atoms with Crippen molar-refractivity contribution in [2.75, 3.05) is 0 Å². The number of benzene rings is 2. The van der Waals surface area contributed by atoms with E-state index in [1.165, 1.54) is 0 Å². The van der Waals surface area contributed by atoms with Gasteiger partial charge in [0.15, 0.2) is 6.10 Å². The smallest absolute Gasteiger partial charge is 0.339 e. The number of carbonyl (C=O) groups is 1. The Morgan fingerprint density at radius 2 is 1.82 bits per heavy atom. The van der Waals surface area contributed by atoms with Crippen LogP contribution in [0.5, 0.6) is 0 Å². The first-order chi connectivity index (χ1) is 8.25. The Morgan fingerprint density at radius 1 is 1.06 bits per heavy atom. The van der Waals surface area contributed by atoms with Crippen molar-refractivity contribution in [1.82, 2.24) is 0 Å². The Labute approximate surface area is 104 Å². The molecule has 0 N–H and O–H groups in total. The van der Waals surface area contributed by atoms with E-state index in [1.807, 2.05) is 30.3 Å². The summed E-state index contributed by atoms with van der Waals surface area (Å²) in [6.45, 7) is 0. The van der Waals surface area contributed by atoms with Crippen LogP contribution >= 0.6 is 11.6 Å². The van der Waals surface area contributed by atoms with Crippen LogP contribution < -0.4 is 0 Å². The molecule has 1 aliphatic rings. The second-order valence-electron chi connectivity index (χ2n) is 3.93. The Balaban J connectivity index is 2.13. The van der Waals surface area contributed by atoms with Gasteiger partial charge >= 0.3 is 5.97 Å². The summed E-state index contributed by atoms with van der Waals surface area (Å²) in [6.07, 6.45) is -0.336. The van der Waals surface area contributed by atoms with E-state index < -0.39 is 0 Å². The topological polar surface area (TPSA) is 26.3 Å². The summed E-state index contributed by atoms with van der Waals surface area (Å²) in [5.74, 6) is -0.287. The molecule has 2 aromatic carbocycles. The van der Waals surface area contributed by atoms with Crippen molar-refractivity contribution >= 4 is 17.6 Å². The number of ether oxygens (including phenoxy) is 1. The molecule has 0 aliphatic carbocycles. The molecule has 3 rings (SSSR count). The molecule has 0 bridgehead atoms. The monoisotopic (exact) mass is 244 g/mol. The number of esters is 1. The third-order valence-electron chi connectivity index (χ3n) is 2.84. The molecule has 1 atom stereocenters. The maximum absolute atomic E-state index is 11.7. The van der Waals surface area contributed by atoms with Crippen LogP contribution in [0.4, 0.5) is 0 Å². The number of carbonyl (C=O) groups excluding carboxylic acids is 1. The molecule has 0 radical (unpaired) electrons. The number of rotatable bonds is 1. The highest BCUT2D eigenvalue weighted by atomic mass is 35.5. The first kappa shape index (κ1) is 10.4. The Hall–Kier alpha value is -1.80. The van der Waals surface area contributed by atoms with Gasteiger partial charge in [-0.15, -0.1) is 0 Å². The maximum atomic E-state index is 11.7. The quantitative estimate of drug-likeness (QED) is 0.717. The normalized spacial score (nSPS) is 17.7. The van der Waals surface area contributed by atoms with Gasteiger partial charge in [0.25, 0.3) is 0 Å². The zero-order valence-electron chi connectivity index (χ0n) is 8.89. The highest BCUT2D eigenvalue weighted by molar-refractivity contribution is 6.30. The van der Waals surface area contributed by atoms with Crippen LogP contribution in [0.2, 0.25) is 5.02 Å². The molecule has 0 saturated carbocycles. The molecule has 0 fully saturated rings. The minimum atomic E-state index is -0.336. The largest absolute Gasteiger partial charge is 0.449 e. The predicted molar refractivity (Wildman–Crippen MR) is 65.2 cm³/mol. The lowest BCUT2D eigenvalue weighted by Crippen LogP contribution is -2.00. The van der Waals surface area contributed by atoms with Gasteiger partial charge in [-0.2, -0.15) is 0 Å². The van der Waals surface area contributed by atoms with Crippen molar-refractivity contribution < 1.29 is 9.53 Å². The molecule has 1 aliphatic heterocycles. The van der Waals surface area contributed by atoms with Crippen LogP contribution in [0.1, 0.15) is 27.6 Å². The molecular formula is C14H9ClO2. The van der Waals surface area contributed by atoms with E-state index in [-0.39, 0.29) is 12.1 Å². The lowest BCUT2D eigenvalue weighted by Gasteiger charge is -2.10. The van der Waals surface area contributed by atoms with Gasteiger partial charge in [0.05, 0.1) is 5.56 Å². The molecule has 3 heteroatoms. The van der Waals surface area contributed by atoms with Gasteiger partial charge in [0.2, 0.25) is 0 Å². The number of hydrogen-bond donors (Lipinski definition) is 0. The minimum absolute atomic E-state index is 0.287. The third kappa shape index (κ3) is 1.71. The van der Waals surface area contributed by atoms with E-state index in [2.05, 4.69) is 0 Å². The first-order valence-electron chi connectivity index (χ1n) is 5.31. The predicted octanol–water partition coefficient (Wildman–Crippen LogP) is 3.60. The van der Waals surface area contributed by atoms with Crippen LogP contribution in [-0.2, 0) is 4.74 Å². The van der Waals surface area contributed by atoms with E-state index in [4.69, 9.17) is 16.3 Å². The van der Waals surface area contributed by atoms with Crippen LogP contribution in [-0.4, -0.2) is 5.97 Å². The second-order valence-corrected chi connectivity index (χ2v) is 4.36. The van der Waals surface area contributed by atoms with Gasteiger partial charge in [0, 0.05) is 10.6 Å². The van der Waals surface area contributed by atoms with E-state index in [0.29, 0.717) is 10.6 Å². The molecule has 1 heterocycles. The van der Waals surface area contributed by atoms with Gasteiger partial charge in [-0.3, -0.25) is 0 Å². The highest BCUT2D eigenvalue weighted by Gasteiger charge is 2.31. The fourth-order valence-electron chi connectivity index (χ4n) is 2.05. The summed E-state index contributed by atoms with van der Waals surface area (Å²) in [5.41, 5.74) is 2.40. The molecule has 0 spiro atoms. The SMILES string of the molecule is O=C1OC(c2ccccc2)c2cc(Cl)ccc21. The fourth-order valence-corrected chi connectivity index (χ4v) is 2.23. The number of hydrogen-bond acceptors (Lipinski definition) is 2. The van der Waals surface area contributed by atoms with Crippen molar-refractivity contribution in [1.29, 1.82) is 0 Å². The number of cyclic esters (lactones) is 1. The molecule has 84 valence electrons. The number of fused-ring (bicyclic) bond motifs is 1. The average Bonchev–Trinajstić information content (AvgIpc) is 2.67. The third-order valence-corrected chi connectivity index (χ3v) is 3.08. The van der Waals surface area contributed by atoms with Crippen LogP contribution in [0.3, 0.4) is 0 Å². The molecule has 1 unspecified atom stereocenters. The Bertz CT molecular complexity index is 578. The van der Waals surface area contributed by atoms with Gasteiger partial charge in [-0.05, 0) is 23.8 Å². The molecule has 17 heavy (non-hydrogen) atoms. The van der Waals surface area contributed by atoms with Gasteiger partial charge in [0.1, 0.15) is 0 Å². The standard InChI is InChI=1S/C14H9ClO2/c15-10-6-7-11-12(8-10)13(17-14(11)16)9-4-2-1-3-5-9/h1-8,13H. The average molecular weight is 245 g/mol. The molecule has 0 amide bonds. The van der Waals surface area contributed by atoms with Crippen molar-refractivity contribution in [2.24, 2.45) is 0 Å². The summed E-state index contributed by atoms with van der Waals surface area (Å²) < 4.78 is 5.38. The summed E-state index contributed by atoms with van der Waals surface area (Å²) in [5, 5.41) is 0.614. The minimum Gasteiger partial charge on any atom is -0.449 e. The molecular weight excluding hydrogens is 236 g/mol. The van der Waals surface area contributed by atoms with Crippen LogP contribution in [0.15, 0.2) is 48.5 Å². The van der Waals surface area contributed by atoms with Crippen molar-refractivity contribution in [3.63, 3.8) is 0 Å². The lowest BCUT2D eigenvalue weighted by atomic mass is 9.99. The molecule has 2 nitrogen and oxygen atoms in total. The fraction of sp³-hybridized carbons (Fsp3) is 0.0714. The maximum Gasteiger partial charge on any atom is 0.339 e. The van der Waals surface area contributed by atoms with Crippen molar-refractivity contribution in [3.8, 4) is 0 Å². The van der Waals surface area contributed by atoms with E-state index in [0.717, 1.165) is 11.1 Å². The zero-order chi connectivity index (χ0) is 11.8. The van der Waals surface area contributed by atoms with Crippen molar-refractivity contribution in [3.05, 3.63) is 70.2 Å². The highest BCUT2D eigenvalue weighted by Crippen LogP contribution is 2.36. The molecule has 0 saturated heterocycles.